The van der Waals surface area contributed by atoms with Crippen molar-refractivity contribution in [2.75, 3.05) is 13.7 Å². The smallest absolute Gasteiger partial charge is 0.274 e. The SMILES string of the molecule is COc1ccc(-n2nc(C3CC3)cc2-c2ccc(CCNS(N)(=O)=O)cc2)cc1. The molecule has 8 heteroatoms. The van der Waals surface area contributed by atoms with Crippen molar-refractivity contribution in [3.8, 4) is 22.7 Å². The Morgan fingerprint density at radius 2 is 1.83 bits per heavy atom. The zero-order chi connectivity index (χ0) is 20.4. The Balaban J connectivity index is 1.60. The topological polar surface area (TPSA) is 99.2 Å². The molecule has 0 spiro atoms. The monoisotopic (exact) mass is 412 g/mol. The highest BCUT2D eigenvalue weighted by Crippen LogP contribution is 2.41. The number of aromatic nitrogens is 2. The lowest BCUT2D eigenvalue weighted by atomic mass is 10.1. The molecule has 0 atom stereocenters. The molecule has 3 aromatic rings. The maximum atomic E-state index is 11.0. The van der Waals surface area contributed by atoms with Crippen LogP contribution in [0.2, 0.25) is 0 Å². The van der Waals surface area contributed by atoms with Crippen LogP contribution in [0.1, 0.15) is 30.0 Å². The summed E-state index contributed by atoms with van der Waals surface area (Å²) < 4.78 is 31.5. The van der Waals surface area contributed by atoms with E-state index in [0.717, 1.165) is 34.0 Å². The van der Waals surface area contributed by atoms with Gasteiger partial charge in [0.25, 0.3) is 10.2 Å². The first-order valence-corrected chi connectivity index (χ1v) is 11.1. The molecule has 1 heterocycles. The first kappa shape index (κ1) is 19.6. The molecule has 4 rings (SSSR count). The molecule has 7 nitrogen and oxygen atoms in total. The predicted molar refractivity (Wildman–Crippen MR) is 112 cm³/mol. The Morgan fingerprint density at radius 3 is 2.41 bits per heavy atom. The number of nitrogens with one attached hydrogen (secondary N) is 1. The van der Waals surface area contributed by atoms with Crippen LogP contribution in [0.5, 0.6) is 5.75 Å². The van der Waals surface area contributed by atoms with Crippen molar-refractivity contribution in [2.24, 2.45) is 5.14 Å². The van der Waals surface area contributed by atoms with Crippen molar-refractivity contribution in [2.45, 2.75) is 25.2 Å². The highest BCUT2D eigenvalue weighted by atomic mass is 32.2. The predicted octanol–water partition coefficient (Wildman–Crippen LogP) is 2.76. The molecular formula is C21H24N4O3S. The molecule has 0 unspecified atom stereocenters. The summed E-state index contributed by atoms with van der Waals surface area (Å²) >= 11 is 0. The molecule has 0 amide bonds. The third-order valence-corrected chi connectivity index (χ3v) is 5.61. The number of rotatable bonds is 8. The Morgan fingerprint density at radius 1 is 1.14 bits per heavy atom. The lowest BCUT2D eigenvalue weighted by molar-refractivity contribution is 0.414. The van der Waals surface area contributed by atoms with Crippen LogP contribution < -0.4 is 14.6 Å². The van der Waals surface area contributed by atoms with E-state index in [1.807, 2.05) is 53.2 Å². The van der Waals surface area contributed by atoms with Gasteiger partial charge in [-0.05, 0) is 55.2 Å². The minimum Gasteiger partial charge on any atom is -0.497 e. The summed E-state index contributed by atoms with van der Waals surface area (Å²) in [7, 11) is -2.00. The average molecular weight is 413 g/mol. The van der Waals surface area contributed by atoms with Gasteiger partial charge >= 0.3 is 0 Å². The van der Waals surface area contributed by atoms with Gasteiger partial charge < -0.3 is 4.74 Å². The van der Waals surface area contributed by atoms with Gasteiger partial charge in [-0.25, -0.2) is 14.5 Å². The number of nitrogens with two attached hydrogens (primary N) is 1. The van der Waals surface area contributed by atoms with E-state index in [4.69, 9.17) is 15.0 Å². The van der Waals surface area contributed by atoms with Gasteiger partial charge in [0.05, 0.1) is 24.2 Å². The van der Waals surface area contributed by atoms with E-state index < -0.39 is 10.2 Å². The highest BCUT2D eigenvalue weighted by molar-refractivity contribution is 7.87. The summed E-state index contributed by atoms with van der Waals surface area (Å²) in [6.07, 6.45) is 2.95. The van der Waals surface area contributed by atoms with Gasteiger partial charge in [0.15, 0.2) is 0 Å². The standard InChI is InChI=1S/C21H24N4O3S/c1-28-19-10-8-18(9-11-19)25-21(14-20(24-25)16-6-7-16)17-4-2-15(3-5-17)12-13-23-29(22,26)27/h2-5,8-11,14,16,23H,6-7,12-13H2,1H3,(H2,22,26,27). The summed E-state index contributed by atoms with van der Waals surface area (Å²) in [4.78, 5) is 0. The number of ether oxygens (including phenoxy) is 1. The third-order valence-electron chi connectivity index (χ3n) is 5.01. The largest absolute Gasteiger partial charge is 0.497 e. The molecule has 0 saturated heterocycles. The zero-order valence-corrected chi connectivity index (χ0v) is 17.0. The van der Waals surface area contributed by atoms with Gasteiger partial charge in [-0.15, -0.1) is 0 Å². The zero-order valence-electron chi connectivity index (χ0n) is 16.2. The van der Waals surface area contributed by atoms with Crippen LogP contribution in [-0.2, 0) is 16.6 Å². The minimum atomic E-state index is -3.66. The molecule has 1 aliphatic rings. The molecule has 0 aliphatic heterocycles. The number of nitrogens with zero attached hydrogens (tertiary/aromatic N) is 2. The Labute approximate surface area is 170 Å². The number of hydrogen-bond donors (Lipinski definition) is 2. The Bertz CT molecular complexity index is 1090. The summed E-state index contributed by atoms with van der Waals surface area (Å²) in [5.74, 6) is 1.36. The second-order valence-corrected chi connectivity index (χ2v) is 8.60. The molecule has 2 aromatic carbocycles. The molecule has 1 saturated carbocycles. The molecular weight excluding hydrogens is 388 g/mol. The van der Waals surface area contributed by atoms with Crippen molar-refractivity contribution < 1.29 is 13.2 Å². The molecule has 1 aromatic heterocycles. The fraction of sp³-hybridized carbons (Fsp3) is 0.286. The van der Waals surface area contributed by atoms with E-state index in [1.54, 1.807) is 7.11 Å². The summed E-state index contributed by atoms with van der Waals surface area (Å²) in [5.41, 5.74) is 5.23. The quantitative estimate of drug-likeness (QED) is 0.594. The summed E-state index contributed by atoms with van der Waals surface area (Å²) in [5, 5.41) is 9.82. The van der Waals surface area contributed by atoms with Crippen LogP contribution in [0.15, 0.2) is 54.6 Å². The average Bonchev–Trinajstić information content (AvgIpc) is 3.46. The third kappa shape index (κ3) is 4.84. The first-order chi connectivity index (χ1) is 13.9. The molecule has 0 bridgehead atoms. The van der Waals surface area contributed by atoms with Crippen molar-refractivity contribution in [1.82, 2.24) is 14.5 Å². The van der Waals surface area contributed by atoms with E-state index in [0.29, 0.717) is 12.3 Å². The van der Waals surface area contributed by atoms with Gasteiger partial charge in [0.2, 0.25) is 0 Å². The fourth-order valence-corrected chi connectivity index (χ4v) is 3.67. The van der Waals surface area contributed by atoms with Crippen LogP contribution in [0, 0.1) is 0 Å². The summed E-state index contributed by atoms with van der Waals surface area (Å²) in [6.45, 7) is 0.272. The van der Waals surface area contributed by atoms with Gasteiger partial charge in [-0.3, -0.25) is 0 Å². The summed E-state index contributed by atoms with van der Waals surface area (Å²) in [6, 6.07) is 18.1. The molecule has 1 aliphatic carbocycles. The molecule has 1 fully saturated rings. The second-order valence-electron chi connectivity index (χ2n) is 7.22. The number of benzene rings is 2. The van der Waals surface area contributed by atoms with Crippen molar-refractivity contribution in [1.29, 1.82) is 0 Å². The van der Waals surface area contributed by atoms with Crippen molar-refractivity contribution >= 4 is 10.2 Å². The first-order valence-electron chi connectivity index (χ1n) is 9.54. The number of methoxy groups -OCH3 is 1. The molecule has 3 N–H and O–H groups in total. The van der Waals surface area contributed by atoms with Gasteiger partial charge in [-0.1, -0.05) is 24.3 Å². The van der Waals surface area contributed by atoms with Crippen LogP contribution >= 0.6 is 0 Å². The lowest BCUT2D eigenvalue weighted by Crippen LogP contribution is -2.32. The molecule has 152 valence electrons. The molecule has 29 heavy (non-hydrogen) atoms. The van der Waals surface area contributed by atoms with E-state index in [9.17, 15) is 8.42 Å². The lowest BCUT2D eigenvalue weighted by Gasteiger charge is -2.09. The van der Waals surface area contributed by atoms with Crippen LogP contribution in [0.3, 0.4) is 0 Å². The Kier molecular flexibility index (Phi) is 5.40. The molecule has 0 radical (unpaired) electrons. The maximum absolute atomic E-state index is 11.0. The normalized spacial score (nSPS) is 14.1. The minimum absolute atomic E-state index is 0.272. The van der Waals surface area contributed by atoms with Crippen LogP contribution in [0.25, 0.3) is 16.9 Å². The van der Waals surface area contributed by atoms with E-state index in [2.05, 4.69) is 10.8 Å². The van der Waals surface area contributed by atoms with Gasteiger partial charge in [-0.2, -0.15) is 13.5 Å². The number of hydrogen-bond acceptors (Lipinski definition) is 4. The second kappa shape index (κ2) is 7.98. The van der Waals surface area contributed by atoms with E-state index >= 15 is 0 Å². The van der Waals surface area contributed by atoms with Crippen LogP contribution in [0.4, 0.5) is 0 Å². The van der Waals surface area contributed by atoms with Crippen molar-refractivity contribution in [3.63, 3.8) is 0 Å². The van der Waals surface area contributed by atoms with E-state index in [-0.39, 0.29) is 6.54 Å². The van der Waals surface area contributed by atoms with Gasteiger partial charge in [0, 0.05) is 18.0 Å². The van der Waals surface area contributed by atoms with Gasteiger partial charge in [0.1, 0.15) is 5.75 Å². The fourth-order valence-electron chi connectivity index (χ4n) is 3.28. The van der Waals surface area contributed by atoms with Crippen LogP contribution in [-0.4, -0.2) is 31.9 Å². The maximum Gasteiger partial charge on any atom is 0.274 e. The van der Waals surface area contributed by atoms with E-state index in [1.165, 1.54) is 12.8 Å². The van der Waals surface area contributed by atoms with Crippen molar-refractivity contribution in [3.05, 3.63) is 65.9 Å². The Hall–Kier alpha value is -2.68. The highest BCUT2D eigenvalue weighted by Gasteiger charge is 2.27.